The zero-order valence-electron chi connectivity index (χ0n) is 27.5. The van der Waals surface area contributed by atoms with Crippen molar-refractivity contribution in [1.82, 2.24) is 10.4 Å². The number of nitrogens with one attached hydrogen (secondary N) is 1. The summed E-state index contributed by atoms with van der Waals surface area (Å²) in [7, 11) is 1.67. The van der Waals surface area contributed by atoms with E-state index in [1.54, 1.807) is 19.1 Å². The van der Waals surface area contributed by atoms with Crippen LogP contribution in [0.4, 0.5) is 0 Å². The molecule has 3 aliphatic carbocycles. The Kier molecular flexibility index (Phi) is 8.78. The average Bonchev–Trinajstić information content (AvgIpc) is 3.31. The minimum absolute atomic E-state index is 0.00299. The summed E-state index contributed by atoms with van der Waals surface area (Å²) in [5, 5.41) is 26.1. The largest absolute Gasteiger partial charge is 0.496 e. The van der Waals surface area contributed by atoms with Crippen molar-refractivity contribution in [1.29, 1.82) is 0 Å². The van der Waals surface area contributed by atoms with E-state index in [-0.39, 0.29) is 30.5 Å². The molecule has 2 aromatic carbocycles. The van der Waals surface area contributed by atoms with Crippen LogP contribution in [0.3, 0.4) is 0 Å². The van der Waals surface area contributed by atoms with Crippen LogP contribution < -0.4 is 10.1 Å². The van der Waals surface area contributed by atoms with E-state index in [0.717, 1.165) is 28.9 Å². The molecule has 7 heteroatoms. The standard InChI is InChI=1S/C36H52N2O5/c1-20-13-24(15-25(14-20)35(4,5)6)27-12-10-11-23(33(27)42-9)18-38-32(31(22(3)40)30(19-39)43-38)34(41)37-29-17-26-16-28(21(29)2)36(26,7)8/h10-15,21-22,26,28-32,39-40H,16-19H2,1-9H3,(H,37,41)/t21-,22-,26+,28-,29-,30-,31+,32?/m0/s1. The van der Waals surface area contributed by atoms with Gasteiger partial charge in [-0.1, -0.05) is 83.5 Å². The molecule has 8 atom stereocenters. The van der Waals surface area contributed by atoms with Gasteiger partial charge in [-0.3, -0.25) is 9.63 Å². The summed E-state index contributed by atoms with van der Waals surface area (Å²) in [4.78, 5) is 20.3. The SMILES string of the molecule is COc1c(CN2O[C@@H](CO)[C@@H]([C@H](C)O)C2C(=O)N[C@H]2C[C@H]3C[C@@H]([C@@H]2C)C3(C)C)cccc1-c1cc(C)cc(C(C)(C)C)c1. The summed E-state index contributed by atoms with van der Waals surface area (Å²) in [6.45, 7) is 17.4. The second-order valence-corrected chi connectivity index (χ2v) is 15.1. The molecule has 0 aromatic heterocycles. The van der Waals surface area contributed by atoms with Crippen LogP contribution in [0, 0.1) is 36.0 Å². The van der Waals surface area contributed by atoms with E-state index < -0.39 is 24.2 Å². The molecule has 2 bridgehead atoms. The predicted octanol–water partition coefficient (Wildman–Crippen LogP) is 5.63. The molecule has 1 unspecified atom stereocenters. The first-order chi connectivity index (χ1) is 20.2. The van der Waals surface area contributed by atoms with E-state index in [4.69, 9.17) is 9.57 Å². The smallest absolute Gasteiger partial charge is 0.240 e. The first-order valence-corrected chi connectivity index (χ1v) is 16.0. The van der Waals surface area contributed by atoms with Crippen molar-refractivity contribution in [2.24, 2.45) is 29.1 Å². The molecule has 7 nitrogen and oxygen atoms in total. The number of carbonyl (C=O) groups excluding carboxylic acids is 1. The molecule has 1 amide bonds. The number of rotatable bonds is 8. The molecule has 4 aliphatic rings. The van der Waals surface area contributed by atoms with Crippen LogP contribution in [0.25, 0.3) is 11.1 Å². The molecule has 0 spiro atoms. The van der Waals surface area contributed by atoms with Crippen molar-refractivity contribution in [3.63, 3.8) is 0 Å². The number of nitrogens with zero attached hydrogens (tertiary/aromatic N) is 1. The zero-order valence-corrected chi connectivity index (χ0v) is 27.5. The van der Waals surface area contributed by atoms with Gasteiger partial charge in [0.1, 0.15) is 17.9 Å². The van der Waals surface area contributed by atoms with Gasteiger partial charge in [0, 0.05) is 23.1 Å². The van der Waals surface area contributed by atoms with Crippen LogP contribution >= 0.6 is 0 Å². The van der Waals surface area contributed by atoms with Gasteiger partial charge in [-0.2, -0.15) is 5.06 Å². The number of aryl methyl sites for hydroxylation is 1. The average molecular weight is 593 g/mol. The van der Waals surface area contributed by atoms with Gasteiger partial charge >= 0.3 is 0 Å². The Morgan fingerprint density at radius 3 is 2.51 bits per heavy atom. The van der Waals surface area contributed by atoms with Gasteiger partial charge in [-0.25, -0.2) is 0 Å². The number of fused-ring (bicyclic) bond motifs is 2. The number of benzene rings is 2. The number of carbonyl (C=O) groups is 1. The highest BCUT2D eigenvalue weighted by molar-refractivity contribution is 5.83. The number of hydrogen-bond donors (Lipinski definition) is 3. The fourth-order valence-electron chi connectivity index (χ4n) is 8.20. The number of ether oxygens (including phenoxy) is 1. The lowest BCUT2D eigenvalue weighted by Crippen LogP contribution is -2.62. The second-order valence-electron chi connectivity index (χ2n) is 15.1. The van der Waals surface area contributed by atoms with Crippen LogP contribution in [0.2, 0.25) is 0 Å². The molecule has 0 radical (unpaired) electrons. The predicted molar refractivity (Wildman–Crippen MR) is 169 cm³/mol. The molecule has 6 rings (SSSR count). The highest BCUT2D eigenvalue weighted by atomic mass is 16.7. The normalized spacial score (nSPS) is 30.9. The van der Waals surface area contributed by atoms with Gasteiger partial charge in [0.15, 0.2) is 0 Å². The first kappa shape index (κ1) is 32.0. The van der Waals surface area contributed by atoms with E-state index in [1.807, 2.05) is 12.1 Å². The summed E-state index contributed by atoms with van der Waals surface area (Å²) in [5.41, 5.74) is 5.66. The van der Waals surface area contributed by atoms with E-state index >= 15 is 0 Å². The maximum absolute atomic E-state index is 14.1. The summed E-state index contributed by atoms with van der Waals surface area (Å²) in [5.74, 6) is 1.58. The van der Waals surface area contributed by atoms with Gasteiger partial charge < -0.3 is 20.3 Å². The van der Waals surface area contributed by atoms with Crippen LogP contribution in [-0.2, 0) is 21.6 Å². The Labute approximate surface area is 257 Å². The number of para-hydroxylation sites is 1. The first-order valence-electron chi connectivity index (χ1n) is 16.0. The van der Waals surface area contributed by atoms with Gasteiger partial charge in [-0.05, 0) is 66.4 Å². The van der Waals surface area contributed by atoms with E-state index in [0.29, 0.717) is 23.2 Å². The van der Waals surface area contributed by atoms with Crippen molar-refractivity contribution in [2.75, 3.05) is 13.7 Å². The van der Waals surface area contributed by atoms with Gasteiger partial charge in [0.2, 0.25) is 5.91 Å². The molecular formula is C36H52N2O5. The lowest BCUT2D eigenvalue weighted by atomic mass is 9.45. The maximum Gasteiger partial charge on any atom is 0.240 e. The van der Waals surface area contributed by atoms with E-state index in [2.05, 4.69) is 78.0 Å². The molecular weight excluding hydrogens is 540 g/mol. The Morgan fingerprint density at radius 1 is 1.21 bits per heavy atom. The van der Waals surface area contributed by atoms with Crippen molar-refractivity contribution in [3.8, 4) is 16.9 Å². The highest BCUT2D eigenvalue weighted by Gasteiger charge is 2.57. The van der Waals surface area contributed by atoms with Crippen molar-refractivity contribution >= 4 is 5.91 Å². The molecule has 4 fully saturated rings. The number of aliphatic hydroxyl groups is 2. The van der Waals surface area contributed by atoms with Crippen molar-refractivity contribution in [3.05, 3.63) is 53.1 Å². The molecule has 2 aromatic rings. The van der Waals surface area contributed by atoms with Crippen LogP contribution in [0.15, 0.2) is 36.4 Å². The lowest BCUT2D eigenvalue weighted by Gasteiger charge is -2.62. The Bertz CT molecular complexity index is 1330. The minimum Gasteiger partial charge on any atom is -0.496 e. The molecule has 1 aliphatic heterocycles. The number of hydroxylamine groups is 2. The quantitative estimate of drug-likeness (QED) is 0.368. The van der Waals surface area contributed by atoms with E-state index in [9.17, 15) is 15.0 Å². The number of aliphatic hydroxyl groups excluding tert-OH is 2. The number of methoxy groups -OCH3 is 1. The van der Waals surface area contributed by atoms with Gasteiger partial charge in [-0.15, -0.1) is 0 Å². The Hall–Kier alpha value is -2.45. The summed E-state index contributed by atoms with van der Waals surface area (Å²) in [6, 6.07) is 12.0. The number of amides is 1. The zero-order chi connectivity index (χ0) is 31.4. The highest BCUT2D eigenvalue weighted by Crippen LogP contribution is 2.61. The van der Waals surface area contributed by atoms with Crippen LogP contribution in [0.1, 0.15) is 78.0 Å². The number of hydrogen-bond acceptors (Lipinski definition) is 6. The third-order valence-electron chi connectivity index (χ3n) is 10.9. The molecule has 1 saturated heterocycles. The fraction of sp³-hybridized carbons (Fsp3) is 0.639. The van der Waals surface area contributed by atoms with Crippen LogP contribution in [0.5, 0.6) is 5.75 Å². The van der Waals surface area contributed by atoms with E-state index in [1.165, 1.54) is 17.5 Å². The topological polar surface area (TPSA) is 91.3 Å². The fourth-order valence-corrected chi connectivity index (χ4v) is 8.20. The molecule has 3 N–H and O–H groups in total. The van der Waals surface area contributed by atoms with Gasteiger partial charge in [0.05, 0.1) is 26.4 Å². The van der Waals surface area contributed by atoms with Gasteiger partial charge in [0.25, 0.3) is 0 Å². The summed E-state index contributed by atoms with van der Waals surface area (Å²) >= 11 is 0. The summed E-state index contributed by atoms with van der Waals surface area (Å²) < 4.78 is 6.02. The minimum atomic E-state index is -0.842. The molecule has 1 heterocycles. The van der Waals surface area contributed by atoms with Crippen molar-refractivity contribution < 1.29 is 24.6 Å². The monoisotopic (exact) mass is 592 g/mol. The Balaban J connectivity index is 1.45. The molecule has 43 heavy (non-hydrogen) atoms. The lowest BCUT2D eigenvalue weighted by molar-refractivity contribution is -0.183. The second kappa shape index (κ2) is 11.8. The van der Waals surface area contributed by atoms with Crippen LogP contribution in [-0.4, -0.2) is 59.2 Å². The Morgan fingerprint density at radius 2 is 1.93 bits per heavy atom. The van der Waals surface area contributed by atoms with Crippen molar-refractivity contribution in [2.45, 2.75) is 104 Å². The summed E-state index contributed by atoms with van der Waals surface area (Å²) in [6.07, 6.45) is 0.670. The third-order valence-corrected chi connectivity index (χ3v) is 10.9. The third kappa shape index (κ3) is 5.86. The molecule has 3 saturated carbocycles. The maximum atomic E-state index is 14.1. The molecule has 236 valence electrons.